The predicted molar refractivity (Wildman–Crippen MR) is 108 cm³/mol. The summed E-state index contributed by atoms with van der Waals surface area (Å²) in [7, 11) is -2.68. The molecule has 1 fully saturated rings. The SMILES string of the molecule is [2H]C([2H])([2H])Oc1cc(Cl)ccc1C1(C)C=C(F)c2cccc(N3CCCCC3)c2O1. The van der Waals surface area contributed by atoms with Crippen LogP contribution in [-0.2, 0) is 5.60 Å². The van der Waals surface area contributed by atoms with Gasteiger partial charge in [-0.1, -0.05) is 17.7 Å². The van der Waals surface area contributed by atoms with Crippen molar-refractivity contribution in [3.63, 3.8) is 0 Å². The molecule has 0 N–H and O–H groups in total. The summed E-state index contributed by atoms with van der Waals surface area (Å²) in [6.45, 7) is 3.46. The van der Waals surface area contributed by atoms with E-state index in [1.54, 1.807) is 25.1 Å². The molecule has 2 aliphatic heterocycles. The molecular formula is C22H23ClFNO2. The number of ether oxygens (including phenoxy) is 2. The van der Waals surface area contributed by atoms with Crippen molar-refractivity contribution < 1.29 is 18.0 Å². The van der Waals surface area contributed by atoms with Crippen molar-refractivity contribution in [2.45, 2.75) is 31.8 Å². The van der Waals surface area contributed by atoms with Gasteiger partial charge in [0.2, 0.25) is 0 Å². The van der Waals surface area contributed by atoms with Crippen LogP contribution in [-0.4, -0.2) is 20.1 Å². The monoisotopic (exact) mass is 390 g/mol. The third-order valence-electron chi connectivity index (χ3n) is 5.25. The molecule has 3 nitrogen and oxygen atoms in total. The van der Waals surface area contributed by atoms with Crippen LogP contribution in [0.4, 0.5) is 10.1 Å². The highest BCUT2D eigenvalue weighted by molar-refractivity contribution is 6.30. The summed E-state index contributed by atoms with van der Waals surface area (Å²) in [5.41, 5.74) is 0.350. The van der Waals surface area contributed by atoms with E-state index in [1.807, 2.05) is 12.1 Å². The van der Waals surface area contributed by atoms with Gasteiger partial charge in [-0.25, -0.2) is 4.39 Å². The zero-order valence-corrected chi connectivity index (χ0v) is 15.9. The van der Waals surface area contributed by atoms with Gasteiger partial charge in [-0.05, 0) is 62.6 Å². The Hall–Kier alpha value is -2.20. The lowest BCUT2D eigenvalue weighted by Crippen LogP contribution is -2.34. The fourth-order valence-corrected chi connectivity index (χ4v) is 4.05. The van der Waals surface area contributed by atoms with Crippen molar-refractivity contribution >= 4 is 23.1 Å². The Morgan fingerprint density at radius 2 is 2.04 bits per heavy atom. The smallest absolute Gasteiger partial charge is 0.156 e. The maximum absolute atomic E-state index is 15.2. The molecule has 0 spiro atoms. The van der Waals surface area contributed by atoms with E-state index in [1.165, 1.54) is 18.6 Å². The van der Waals surface area contributed by atoms with E-state index in [-0.39, 0.29) is 5.75 Å². The van der Waals surface area contributed by atoms with Crippen LogP contribution in [0.15, 0.2) is 42.5 Å². The van der Waals surface area contributed by atoms with Gasteiger partial charge in [0.05, 0.1) is 22.4 Å². The Kier molecular flexibility index (Phi) is 3.88. The molecule has 0 aromatic heterocycles. The topological polar surface area (TPSA) is 21.7 Å². The summed E-state index contributed by atoms with van der Waals surface area (Å²) >= 11 is 6.07. The first kappa shape index (κ1) is 14.8. The molecule has 0 aliphatic carbocycles. The second-order valence-electron chi connectivity index (χ2n) is 7.15. The molecule has 2 heterocycles. The van der Waals surface area contributed by atoms with Crippen LogP contribution in [0.3, 0.4) is 0 Å². The van der Waals surface area contributed by atoms with E-state index in [2.05, 4.69) is 4.90 Å². The van der Waals surface area contributed by atoms with Gasteiger partial charge in [0.15, 0.2) is 11.4 Å². The third-order valence-corrected chi connectivity index (χ3v) is 5.49. The van der Waals surface area contributed by atoms with Crippen LogP contribution in [0.5, 0.6) is 11.5 Å². The number of nitrogens with zero attached hydrogens (tertiary/aromatic N) is 1. The van der Waals surface area contributed by atoms with E-state index < -0.39 is 18.5 Å². The van der Waals surface area contributed by atoms with Crippen molar-refractivity contribution in [1.82, 2.24) is 0 Å². The summed E-state index contributed by atoms with van der Waals surface area (Å²) in [5, 5.41) is 0.316. The van der Waals surface area contributed by atoms with E-state index in [0.717, 1.165) is 31.6 Å². The normalized spacial score (nSPS) is 24.0. The molecule has 4 rings (SSSR count). The summed E-state index contributed by atoms with van der Waals surface area (Å²) in [4.78, 5) is 2.21. The molecule has 2 aromatic rings. The molecule has 0 radical (unpaired) electrons. The molecule has 1 atom stereocenters. The van der Waals surface area contributed by atoms with Crippen LogP contribution in [0.1, 0.15) is 41.4 Å². The Bertz CT molecular complexity index is 989. The number of piperidine rings is 1. The Balaban J connectivity index is 1.80. The molecule has 2 aliphatic rings. The fourth-order valence-electron chi connectivity index (χ4n) is 3.89. The van der Waals surface area contributed by atoms with Crippen LogP contribution in [0, 0.1) is 0 Å². The van der Waals surface area contributed by atoms with E-state index >= 15 is 4.39 Å². The van der Waals surface area contributed by atoms with Gasteiger partial charge in [0.1, 0.15) is 11.6 Å². The summed E-state index contributed by atoms with van der Waals surface area (Å²) in [6, 6.07) is 10.1. The molecule has 1 unspecified atom stereocenters. The molecular weight excluding hydrogens is 365 g/mol. The summed E-state index contributed by atoms with van der Waals surface area (Å²) < 4.78 is 49.2. The highest BCUT2D eigenvalue weighted by Gasteiger charge is 2.37. The van der Waals surface area contributed by atoms with Crippen molar-refractivity contribution in [2.75, 3.05) is 25.0 Å². The molecule has 2 aromatic carbocycles. The largest absolute Gasteiger partial charge is 0.496 e. The summed E-state index contributed by atoms with van der Waals surface area (Å²) in [6.07, 6.45) is 4.68. The van der Waals surface area contributed by atoms with Crippen LogP contribution >= 0.6 is 11.6 Å². The highest BCUT2D eigenvalue weighted by atomic mass is 35.5. The minimum atomic E-state index is -2.68. The fraction of sp³-hybridized carbons (Fsp3) is 0.364. The quantitative estimate of drug-likeness (QED) is 0.645. The van der Waals surface area contributed by atoms with Gasteiger partial charge in [-0.15, -0.1) is 0 Å². The van der Waals surface area contributed by atoms with Gasteiger partial charge in [0, 0.05) is 23.7 Å². The van der Waals surface area contributed by atoms with E-state index in [4.69, 9.17) is 25.2 Å². The number of hydrogen-bond acceptors (Lipinski definition) is 3. The minimum absolute atomic E-state index is 0.0351. The first-order chi connectivity index (χ1) is 14.2. The van der Waals surface area contributed by atoms with Crippen LogP contribution in [0.25, 0.3) is 5.83 Å². The van der Waals surface area contributed by atoms with Crippen LogP contribution < -0.4 is 14.4 Å². The number of fused-ring (bicyclic) bond motifs is 1. The van der Waals surface area contributed by atoms with E-state index in [9.17, 15) is 0 Å². The average molecular weight is 391 g/mol. The molecule has 142 valence electrons. The number of para-hydroxylation sites is 1. The Morgan fingerprint density at radius 3 is 2.81 bits per heavy atom. The van der Waals surface area contributed by atoms with E-state index in [0.29, 0.717) is 21.9 Å². The molecule has 0 saturated carbocycles. The number of rotatable bonds is 3. The molecule has 27 heavy (non-hydrogen) atoms. The third kappa shape index (κ3) is 3.27. The maximum atomic E-state index is 15.2. The predicted octanol–water partition coefficient (Wildman–Crippen LogP) is 5.96. The van der Waals surface area contributed by atoms with Crippen molar-refractivity contribution in [3.05, 3.63) is 58.6 Å². The van der Waals surface area contributed by atoms with Gasteiger partial charge < -0.3 is 14.4 Å². The van der Waals surface area contributed by atoms with Crippen molar-refractivity contribution in [3.8, 4) is 11.5 Å². The summed E-state index contributed by atoms with van der Waals surface area (Å²) in [5.74, 6) is 0.0667. The lowest BCUT2D eigenvalue weighted by atomic mass is 9.90. The first-order valence-corrected chi connectivity index (χ1v) is 9.49. The molecule has 1 saturated heterocycles. The second kappa shape index (κ2) is 7.08. The first-order valence-electron chi connectivity index (χ1n) is 10.6. The van der Waals surface area contributed by atoms with Gasteiger partial charge in [-0.2, -0.15) is 0 Å². The van der Waals surface area contributed by atoms with Crippen LogP contribution in [0.2, 0.25) is 5.02 Å². The van der Waals surface area contributed by atoms with Crippen molar-refractivity contribution in [2.24, 2.45) is 0 Å². The van der Waals surface area contributed by atoms with Gasteiger partial charge in [-0.3, -0.25) is 0 Å². The lowest BCUT2D eigenvalue weighted by Gasteiger charge is -2.37. The number of methoxy groups -OCH3 is 1. The standard InChI is InChI=1S/C22H23ClFNO2/c1-22(17-10-9-15(23)13-20(17)26-2)14-18(24)16-7-6-8-19(21(16)27-22)25-11-4-3-5-12-25/h6-10,13-14H,3-5,11-12H2,1-2H3/i2D3. The number of hydrogen-bond donors (Lipinski definition) is 0. The molecule has 0 amide bonds. The number of anilines is 1. The zero-order chi connectivity index (χ0) is 21.5. The second-order valence-corrected chi connectivity index (χ2v) is 7.58. The van der Waals surface area contributed by atoms with Gasteiger partial charge >= 0.3 is 0 Å². The zero-order valence-electron chi connectivity index (χ0n) is 18.1. The Morgan fingerprint density at radius 1 is 1.22 bits per heavy atom. The van der Waals surface area contributed by atoms with Gasteiger partial charge in [0.25, 0.3) is 0 Å². The number of halogens is 2. The maximum Gasteiger partial charge on any atom is 0.156 e. The average Bonchev–Trinajstić information content (AvgIpc) is 2.67. The van der Waals surface area contributed by atoms with Crippen molar-refractivity contribution in [1.29, 1.82) is 0 Å². The number of benzene rings is 2. The highest BCUT2D eigenvalue weighted by Crippen LogP contribution is 2.48. The lowest BCUT2D eigenvalue weighted by molar-refractivity contribution is 0.132. The molecule has 5 heteroatoms. The molecule has 0 bridgehead atoms. The minimum Gasteiger partial charge on any atom is -0.496 e. The Labute approximate surface area is 168 Å².